The van der Waals surface area contributed by atoms with Gasteiger partial charge in [-0.15, -0.1) is 23.1 Å². The second-order valence-corrected chi connectivity index (χ2v) is 12.8. The molecule has 0 bridgehead atoms. The van der Waals surface area contributed by atoms with Crippen LogP contribution in [0, 0.1) is 10.1 Å². The molecule has 0 fully saturated rings. The summed E-state index contributed by atoms with van der Waals surface area (Å²) in [5.74, 6) is -1.18. The van der Waals surface area contributed by atoms with Gasteiger partial charge >= 0.3 is 5.97 Å². The molecule has 0 aliphatic carbocycles. The van der Waals surface area contributed by atoms with E-state index in [-0.39, 0.29) is 17.2 Å². The van der Waals surface area contributed by atoms with Gasteiger partial charge < -0.3 is 15.4 Å². The highest BCUT2D eigenvalue weighted by molar-refractivity contribution is 8.00. The van der Waals surface area contributed by atoms with Crippen molar-refractivity contribution in [1.29, 1.82) is 0 Å². The predicted molar refractivity (Wildman–Crippen MR) is 176 cm³/mol. The van der Waals surface area contributed by atoms with Crippen molar-refractivity contribution in [3.8, 4) is 0 Å². The number of nitro benzene ring substituents is 1. The van der Waals surface area contributed by atoms with Crippen molar-refractivity contribution in [2.45, 2.75) is 43.0 Å². The molecular formula is C33H32N4O6S2. The summed E-state index contributed by atoms with van der Waals surface area (Å²) >= 11 is 2.76. The molecule has 5 rings (SSSR count). The topological polar surface area (TPSA) is 131 Å². The molecule has 1 atom stereocenters. The monoisotopic (exact) mass is 644 g/mol. The smallest absolute Gasteiger partial charge is 0.341 e. The van der Waals surface area contributed by atoms with Gasteiger partial charge in [0.1, 0.15) is 5.00 Å². The highest BCUT2D eigenvalue weighted by atomic mass is 32.2. The molecule has 0 radical (unpaired) electrons. The Labute approximate surface area is 268 Å². The lowest BCUT2D eigenvalue weighted by Gasteiger charge is -2.27. The van der Waals surface area contributed by atoms with Crippen molar-refractivity contribution in [3.05, 3.63) is 116 Å². The Bertz CT molecular complexity index is 1730. The van der Waals surface area contributed by atoms with Gasteiger partial charge in [0.15, 0.2) is 0 Å². The van der Waals surface area contributed by atoms with Crippen LogP contribution in [0.3, 0.4) is 0 Å². The number of hydrogen-bond donors (Lipinski definition) is 2. The third-order valence-corrected chi connectivity index (χ3v) is 9.85. The van der Waals surface area contributed by atoms with Gasteiger partial charge in [-0.05, 0) is 48.2 Å². The molecule has 10 nitrogen and oxygen atoms in total. The molecule has 12 heteroatoms. The lowest BCUT2D eigenvalue weighted by atomic mass is 10.0. The van der Waals surface area contributed by atoms with E-state index in [1.54, 1.807) is 18.2 Å². The number of fused-ring (bicyclic) bond motifs is 1. The number of amides is 2. The lowest BCUT2D eigenvalue weighted by Crippen LogP contribution is -2.30. The van der Waals surface area contributed by atoms with Gasteiger partial charge in [-0.2, -0.15) is 0 Å². The molecule has 2 N–H and O–H groups in total. The van der Waals surface area contributed by atoms with Gasteiger partial charge in [0, 0.05) is 52.8 Å². The van der Waals surface area contributed by atoms with E-state index in [0.29, 0.717) is 35.6 Å². The van der Waals surface area contributed by atoms with Gasteiger partial charge in [0.05, 0.1) is 22.8 Å². The number of nitro groups is 1. The van der Waals surface area contributed by atoms with Gasteiger partial charge in [0.2, 0.25) is 5.91 Å². The maximum Gasteiger partial charge on any atom is 0.341 e. The number of rotatable bonds is 11. The number of methoxy groups -OCH3 is 1. The van der Waals surface area contributed by atoms with Crippen LogP contribution < -0.4 is 10.6 Å². The van der Waals surface area contributed by atoms with E-state index in [4.69, 9.17) is 4.74 Å². The molecule has 0 spiro atoms. The van der Waals surface area contributed by atoms with E-state index in [1.807, 2.05) is 31.2 Å². The van der Waals surface area contributed by atoms with Crippen LogP contribution in [0.1, 0.15) is 50.1 Å². The summed E-state index contributed by atoms with van der Waals surface area (Å²) in [5, 5.41) is 16.9. The Morgan fingerprint density at radius 3 is 2.56 bits per heavy atom. The third kappa shape index (κ3) is 7.77. The number of thioether (sulfide) groups is 1. The Morgan fingerprint density at radius 1 is 1.04 bits per heavy atom. The van der Waals surface area contributed by atoms with Crippen molar-refractivity contribution >= 4 is 57.3 Å². The molecule has 0 saturated heterocycles. The molecule has 2 heterocycles. The highest BCUT2D eigenvalue weighted by Gasteiger charge is 2.30. The number of nitrogens with one attached hydrogen (secondary N) is 2. The average Bonchev–Trinajstić information content (AvgIpc) is 3.40. The Kier molecular flexibility index (Phi) is 10.3. The third-order valence-electron chi connectivity index (χ3n) is 7.36. The van der Waals surface area contributed by atoms with Crippen LogP contribution in [0.4, 0.5) is 16.4 Å². The van der Waals surface area contributed by atoms with Crippen molar-refractivity contribution < 1.29 is 24.0 Å². The summed E-state index contributed by atoms with van der Waals surface area (Å²) in [6.45, 7) is 4.17. The molecule has 1 aliphatic rings. The van der Waals surface area contributed by atoms with E-state index < -0.39 is 22.0 Å². The minimum atomic E-state index is -0.551. The number of nitrogens with zero attached hydrogens (tertiary/aromatic N) is 2. The molecule has 4 aromatic rings. The van der Waals surface area contributed by atoms with Crippen molar-refractivity contribution in [2.24, 2.45) is 0 Å². The first-order valence-corrected chi connectivity index (χ1v) is 16.1. The highest BCUT2D eigenvalue weighted by Crippen LogP contribution is 2.39. The minimum Gasteiger partial charge on any atom is -0.465 e. The summed E-state index contributed by atoms with van der Waals surface area (Å²) in [4.78, 5) is 53.8. The fourth-order valence-electron chi connectivity index (χ4n) is 5.13. The Hall–Kier alpha value is -4.52. The molecule has 1 aliphatic heterocycles. The molecule has 3 aromatic carbocycles. The van der Waals surface area contributed by atoms with Gasteiger partial charge in [-0.25, -0.2) is 4.79 Å². The summed E-state index contributed by atoms with van der Waals surface area (Å²) in [6, 6.07) is 22.8. The first kappa shape index (κ1) is 31.9. The fraction of sp³-hybridized carbons (Fsp3) is 0.242. The van der Waals surface area contributed by atoms with E-state index in [9.17, 15) is 24.5 Å². The van der Waals surface area contributed by atoms with Crippen LogP contribution in [0.15, 0.2) is 83.8 Å². The van der Waals surface area contributed by atoms with Crippen LogP contribution in [-0.2, 0) is 29.0 Å². The summed E-state index contributed by atoms with van der Waals surface area (Å²) in [6.07, 6.45) is 1.20. The van der Waals surface area contributed by atoms with Crippen LogP contribution in [-0.4, -0.2) is 46.5 Å². The zero-order valence-corrected chi connectivity index (χ0v) is 26.4. The second-order valence-electron chi connectivity index (χ2n) is 10.4. The van der Waals surface area contributed by atoms with Gasteiger partial charge in [0.25, 0.3) is 11.6 Å². The summed E-state index contributed by atoms with van der Waals surface area (Å²) < 4.78 is 5.11. The summed E-state index contributed by atoms with van der Waals surface area (Å²) in [5.41, 5.74) is 3.06. The maximum atomic E-state index is 13.6. The second kappa shape index (κ2) is 14.5. The molecule has 232 valence electrons. The van der Waals surface area contributed by atoms with Crippen LogP contribution in [0.5, 0.6) is 0 Å². The lowest BCUT2D eigenvalue weighted by molar-refractivity contribution is -0.384. The number of thiophene rings is 1. The van der Waals surface area contributed by atoms with Gasteiger partial charge in [-0.1, -0.05) is 49.4 Å². The van der Waals surface area contributed by atoms with Crippen LogP contribution >= 0.6 is 23.1 Å². The van der Waals surface area contributed by atoms with Crippen molar-refractivity contribution in [1.82, 2.24) is 4.90 Å². The first-order chi connectivity index (χ1) is 21.7. The van der Waals surface area contributed by atoms with Crippen molar-refractivity contribution in [3.63, 3.8) is 0 Å². The summed E-state index contributed by atoms with van der Waals surface area (Å²) in [7, 11) is 1.35. The van der Waals surface area contributed by atoms with Crippen LogP contribution in [0.2, 0.25) is 0 Å². The number of esters is 1. The molecular weight excluding hydrogens is 613 g/mol. The molecule has 0 saturated carbocycles. The van der Waals surface area contributed by atoms with E-state index >= 15 is 0 Å². The maximum absolute atomic E-state index is 13.6. The Balaban J connectivity index is 1.28. The number of ether oxygens (including phenoxy) is 1. The average molecular weight is 645 g/mol. The fourth-order valence-corrected chi connectivity index (χ4v) is 7.42. The number of carbonyl (C=O) groups is 3. The minimum absolute atomic E-state index is 0.163. The number of non-ortho nitro benzene ring substituents is 1. The SMILES string of the molecule is CCC(Sc1cccc(NC(=O)c2cccc([N+](=O)[O-])c2)c1)C(=O)Nc1sc2c(c1C(=O)OC)CCN(Cc1ccccc1)C2. The predicted octanol–water partition coefficient (Wildman–Crippen LogP) is 6.76. The van der Waals surface area contributed by atoms with E-state index in [2.05, 4.69) is 27.7 Å². The van der Waals surface area contributed by atoms with E-state index in [0.717, 1.165) is 28.4 Å². The largest absolute Gasteiger partial charge is 0.465 e. The number of carbonyl (C=O) groups excluding carboxylic acids is 3. The first-order valence-electron chi connectivity index (χ1n) is 14.4. The zero-order valence-electron chi connectivity index (χ0n) is 24.8. The molecule has 2 amide bonds. The normalized spacial score (nSPS) is 13.4. The van der Waals surface area contributed by atoms with E-state index in [1.165, 1.54) is 60.0 Å². The quantitative estimate of drug-likeness (QED) is 0.0793. The van der Waals surface area contributed by atoms with Crippen LogP contribution in [0.25, 0.3) is 0 Å². The Morgan fingerprint density at radius 2 is 1.82 bits per heavy atom. The van der Waals surface area contributed by atoms with Gasteiger partial charge in [-0.3, -0.25) is 24.6 Å². The molecule has 45 heavy (non-hydrogen) atoms. The van der Waals surface area contributed by atoms with Crippen molar-refractivity contribution in [2.75, 3.05) is 24.3 Å². The number of hydrogen-bond acceptors (Lipinski definition) is 9. The molecule has 1 aromatic heterocycles. The number of benzene rings is 3. The zero-order chi connectivity index (χ0) is 31.9. The molecule has 1 unspecified atom stereocenters. The standard InChI is InChI=1S/C33H32N4O6S2/c1-3-27(44-25-14-8-12-23(18-25)34-30(38)22-11-7-13-24(17-22)37(41)42)31(39)35-32-29(33(40)43-2)26-15-16-36(20-28(26)45-32)19-21-9-5-4-6-10-21/h4-14,17-18,27H,3,15-16,19-20H2,1-2H3,(H,34,38)(H,35,39). The number of anilines is 2.